The molecular formula is C15H20ClNO3S. The molecule has 2 rings (SSSR count). The lowest BCUT2D eigenvalue weighted by atomic mass is 10.0. The van der Waals surface area contributed by atoms with E-state index in [1.165, 1.54) is 6.07 Å². The average molecular weight is 330 g/mol. The first-order valence-electron chi connectivity index (χ1n) is 7.03. The van der Waals surface area contributed by atoms with Crippen molar-refractivity contribution in [3.05, 3.63) is 28.8 Å². The Hall–Kier alpha value is -1.07. The first-order valence-corrected chi connectivity index (χ1v) is 9.33. The number of halogens is 1. The molecule has 0 heterocycles. The highest BCUT2D eigenvalue weighted by Gasteiger charge is 2.40. The topological polar surface area (TPSA) is 63.2 Å². The van der Waals surface area contributed by atoms with Gasteiger partial charge in [0.25, 0.3) is 15.0 Å². The first-order chi connectivity index (χ1) is 9.68. The van der Waals surface area contributed by atoms with E-state index in [1.54, 1.807) is 19.9 Å². The van der Waals surface area contributed by atoms with Gasteiger partial charge in [0.2, 0.25) is 0 Å². The SMILES string of the molecule is CCC1(CNC(=O)c2cc(S(=O)(=O)Cl)c(C)cc2C)CC1. The predicted molar refractivity (Wildman–Crippen MR) is 83.2 cm³/mol. The molecule has 1 amide bonds. The van der Waals surface area contributed by atoms with E-state index in [-0.39, 0.29) is 16.2 Å². The maximum Gasteiger partial charge on any atom is 0.261 e. The third-order valence-corrected chi connectivity index (χ3v) is 5.82. The molecule has 0 saturated heterocycles. The van der Waals surface area contributed by atoms with Gasteiger partial charge in [-0.15, -0.1) is 0 Å². The normalized spacial score (nSPS) is 16.6. The second-order valence-corrected chi connectivity index (χ2v) is 8.44. The Balaban J connectivity index is 2.24. The van der Waals surface area contributed by atoms with Crippen LogP contribution >= 0.6 is 10.7 Å². The summed E-state index contributed by atoms with van der Waals surface area (Å²) in [6.07, 6.45) is 3.32. The summed E-state index contributed by atoms with van der Waals surface area (Å²) < 4.78 is 23.1. The van der Waals surface area contributed by atoms with E-state index in [4.69, 9.17) is 10.7 Å². The Morgan fingerprint density at radius 1 is 1.29 bits per heavy atom. The van der Waals surface area contributed by atoms with Gasteiger partial charge in [0, 0.05) is 22.8 Å². The van der Waals surface area contributed by atoms with Crippen LogP contribution in [0.5, 0.6) is 0 Å². The van der Waals surface area contributed by atoms with Crippen LogP contribution < -0.4 is 5.32 Å². The van der Waals surface area contributed by atoms with Crippen molar-refractivity contribution in [3.63, 3.8) is 0 Å². The minimum atomic E-state index is -3.85. The van der Waals surface area contributed by atoms with E-state index in [9.17, 15) is 13.2 Å². The highest BCUT2D eigenvalue weighted by Crippen LogP contribution is 2.47. The monoisotopic (exact) mass is 329 g/mol. The summed E-state index contributed by atoms with van der Waals surface area (Å²) in [5.41, 5.74) is 1.91. The molecular weight excluding hydrogens is 310 g/mol. The number of carbonyl (C=O) groups excluding carboxylic acids is 1. The smallest absolute Gasteiger partial charge is 0.261 e. The summed E-state index contributed by atoms with van der Waals surface area (Å²) in [6.45, 7) is 6.21. The van der Waals surface area contributed by atoms with Gasteiger partial charge in [-0.2, -0.15) is 0 Å². The van der Waals surface area contributed by atoms with Crippen molar-refractivity contribution < 1.29 is 13.2 Å². The van der Waals surface area contributed by atoms with Crippen molar-refractivity contribution in [2.24, 2.45) is 5.41 Å². The van der Waals surface area contributed by atoms with Crippen LogP contribution in [0.1, 0.15) is 47.7 Å². The molecule has 1 fully saturated rings. The van der Waals surface area contributed by atoms with Gasteiger partial charge in [-0.05, 0) is 55.7 Å². The molecule has 6 heteroatoms. The zero-order valence-corrected chi connectivity index (χ0v) is 14.1. The van der Waals surface area contributed by atoms with Gasteiger partial charge in [0.05, 0.1) is 4.90 Å². The summed E-state index contributed by atoms with van der Waals surface area (Å²) in [6, 6.07) is 3.05. The fourth-order valence-corrected chi connectivity index (χ4v) is 3.74. The van der Waals surface area contributed by atoms with Crippen LogP contribution in [-0.2, 0) is 9.05 Å². The Morgan fingerprint density at radius 2 is 1.90 bits per heavy atom. The number of hydrogen-bond acceptors (Lipinski definition) is 3. The largest absolute Gasteiger partial charge is 0.351 e. The zero-order chi connectivity index (χ0) is 15.8. The summed E-state index contributed by atoms with van der Waals surface area (Å²) in [5.74, 6) is -0.242. The fourth-order valence-electron chi connectivity index (χ4n) is 2.53. The molecule has 1 aromatic rings. The lowest BCUT2D eigenvalue weighted by molar-refractivity contribution is 0.0943. The van der Waals surface area contributed by atoms with E-state index in [1.807, 2.05) is 0 Å². The Morgan fingerprint density at radius 3 is 2.38 bits per heavy atom. The number of benzene rings is 1. The maximum atomic E-state index is 12.3. The van der Waals surface area contributed by atoms with Gasteiger partial charge in [-0.25, -0.2) is 8.42 Å². The maximum absolute atomic E-state index is 12.3. The minimum Gasteiger partial charge on any atom is -0.351 e. The highest BCUT2D eigenvalue weighted by molar-refractivity contribution is 8.13. The molecule has 0 aromatic heterocycles. The van der Waals surface area contributed by atoms with Crippen molar-refractivity contribution in [2.45, 2.75) is 44.9 Å². The molecule has 21 heavy (non-hydrogen) atoms. The van der Waals surface area contributed by atoms with Crippen molar-refractivity contribution in [1.29, 1.82) is 0 Å². The van der Waals surface area contributed by atoms with Crippen LogP contribution in [0.25, 0.3) is 0 Å². The number of nitrogens with one attached hydrogen (secondary N) is 1. The van der Waals surface area contributed by atoms with Gasteiger partial charge < -0.3 is 5.32 Å². The second-order valence-electron chi connectivity index (χ2n) is 5.91. The molecule has 1 saturated carbocycles. The van der Waals surface area contributed by atoms with E-state index in [2.05, 4.69) is 12.2 Å². The number of hydrogen-bond donors (Lipinski definition) is 1. The molecule has 0 radical (unpaired) electrons. The number of rotatable bonds is 5. The Labute approximate surface area is 130 Å². The molecule has 1 aliphatic carbocycles. The minimum absolute atomic E-state index is 0.00320. The van der Waals surface area contributed by atoms with Crippen molar-refractivity contribution >= 4 is 25.6 Å². The van der Waals surface area contributed by atoms with Crippen molar-refractivity contribution in [2.75, 3.05) is 6.54 Å². The van der Waals surface area contributed by atoms with Crippen LogP contribution in [-0.4, -0.2) is 20.9 Å². The standard InChI is InChI=1S/C15H20ClNO3S/c1-4-15(5-6-15)9-17-14(18)12-8-13(21(16,19)20)11(3)7-10(12)2/h7-8H,4-6,9H2,1-3H3,(H,17,18). The van der Waals surface area contributed by atoms with Crippen molar-refractivity contribution in [3.8, 4) is 0 Å². The summed E-state index contributed by atoms with van der Waals surface area (Å²) in [4.78, 5) is 12.3. The Bertz CT molecular complexity index is 678. The quantitative estimate of drug-likeness (QED) is 0.844. The van der Waals surface area contributed by atoms with Crippen molar-refractivity contribution in [1.82, 2.24) is 5.32 Å². The van der Waals surface area contributed by atoms with Gasteiger partial charge in [0.15, 0.2) is 0 Å². The number of amides is 1. The molecule has 1 aromatic carbocycles. The number of carbonyl (C=O) groups is 1. The molecule has 0 unspecified atom stereocenters. The lowest BCUT2D eigenvalue weighted by Crippen LogP contribution is -2.30. The molecule has 0 spiro atoms. The third-order valence-electron chi connectivity index (χ3n) is 4.36. The number of aryl methyl sites for hydroxylation is 2. The summed E-state index contributed by atoms with van der Waals surface area (Å²) in [7, 11) is 1.57. The van der Waals surface area contributed by atoms with Crippen LogP contribution in [0.3, 0.4) is 0 Å². The molecule has 0 aliphatic heterocycles. The van der Waals surface area contributed by atoms with Crippen LogP contribution in [0.4, 0.5) is 0 Å². The summed E-state index contributed by atoms with van der Waals surface area (Å²) >= 11 is 0. The van der Waals surface area contributed by atoms with E-state index < -0.39 is 9.05 Å². The fraction of sp³-hybridized carbons (Fsp3) is 0.533. The molecule has 0 atom stereocenters. The van der Waals surface area contributed by atoms with Gasteiger partial charge in [0.1, 0.15) is 0 Å². The zero-order valence-electron chi connectivity index (χ0n) is 12.5. The van der Waals surface area contributed by atoms with Gasteiger partial charge >= 0.3 is 0 Å². The molecule has 1 N–H and O–H groups in total. The molecule has 1 aliphatic rings. The molecule has 0 bridgehead atoms. The van der Waals surface area contributed by atoms with Gasteiger partial charge in [-0.1, -0.05) is 13.0 Å². The van der Waals surface area contributed by atoms with E-state index >= 15 is 0 Å². The van der Waals surface area contributed by atoms with Crippen LogP contribution in [0, 0.1) is 19.3 Å². The Kier molecular flexibility index (Phi) is 4.36. The first kappa shape index (κ1) is 16.3. The second kappa shape index (κ2) is 5.61. The van der Waals surface area contributed by atoms with E-state index in [0.717, 1.165) is 24.8 Å². The highest BCUT2D eigenvalue weighted by atomic mass is 35.7. The van der Waals surface area contributed by atoms with E-state index in [0.29, 0.717) is 17.7 Å². The lowest BCUT2D eigenvalue weighted by Gasteiger charge is -2.15. The molecule has 4 nitrogen and oxygen atoms in total. The predicted octanol–water partition coefficient (Wildman–Crippen LogP) is 3.15. The average Bonchev–Trinajstić information content (AvgIpc) is 3.15. The van der Waals surface area contributed by atoms with Crippen LogP contribution in [0.15, 0.2) is 17.0 Å². The van der Waals surface area contributed by atoms with Crippen LogP contribution in [0.2, 0.25) is 0 Å². The molecule has 116 valence electrons. The van der Waals surface area contributed by atoms with Gasteiger partial charge in [-0.3, -0.25) is 4.79 Å². The third kappa shape index (κ3) is 3.58. The summed E-state index contributed by atoms with van der Waals surface area (Å²) in [5, 5.41) is 2.91.